The standard InChI is InChI=1S/C19H25N3O3/c1-13-10-17(21-20-13)19(23)22(15-6-4-5-7-15)12-14-11-16(24-2)8-9-18(14)25-3/h8-11,15H,4-7,12H2,1-3H3,(H,20,21). The minimum absolute atomic E-state index is 0.0406. The van der Waals surface area contributed by atoms with Gasteiger partial charge in [0.05, 0.1) is 20.8 Å². The summed E-state index contributed by atoms with van der Waals surface area (Å²) in [5, 5.41) is 7.01. The van der Waals surface area contributed by atoms with Crippen LogP contribution in [-0.2, 0) is 6.54 Å². The fourth-order valence-corrected chi connectivity index (χ4v) is 3.45. The Hall–Kier alpha value is -2.50. The molecule has 6 nitrogen and oxygen atoms in total. The summed E-state index contributed by atoms with van der Waals surface area (Å²) in [6.07, 6.45) is 4.37. The maximum atomic E-state index is 13.1. The van der Waals surface area contributed by atoms with Crippen LogP contribution in [0, 0.1) is 6.92 Å². The zero-order valence-corrected chi connectivity index (χ0v) is 15.0. The molecule has 1 saturated carbocycles. The van der Waals surface area contributed by atoms with E-state index >= 15 is 0 Å². The summed E-state index contributed by atoms with van der Waals surface area (Å²) in [6.45, 7) is 2.38. The Balaban J connectivity index is 1.91. The van der Waals surface area contributed by atoms with E-state index in [1.807, 2.05) is 30.0 Å². The normalized spacial score (nSPS) is 14.5. The second-order valence-corrected chi connectivity index (χ2v) is 6.49. The zero-order chi connectivity index (χ0) is 17.8. The number of H-pyrrole nitrogens is 1. The minimum atomic E-state index is -0.0406. The summed E-state index contributed by atoms with van der Waals surface area (Å²) >= 11 is 0. The van der Waals surface area contributed by atoms with Crippen molar-refractivity contribution in [3.63, 3.8) is 0 Å². The number of benzene rings is 1. The maximum Gasteiger partial charge on any atom is 0.274 e. The van der Waals surface area contributed by atoms with E-state index in [1.165, 1.54) is 0 Å². The Labute approximate surface area is 148 Å². The predicted molar refractivity (Wildman–Crippen MR) is 95.0 cm³/mol. The molecule has 1 aliphatic carbocycles. The minimum Gasteiger partial charge on any atom is -0.497 e. The average molecular weight is 343 g/mol. The molecular weight excluding hydrogens is 318 g/mol. The van der Waals surface area contributed by atoms with Crippen LogP contribution in [0.1, 0.15) is 47.4 Å². The first-order valence-electron chi connectivity index (χ1n) is 8.66. The molecule has 0 spiro atoms. The Morgan fingerprint density at radius 1 is 1.24 bits per heavy atom. The highest BCUT2D eigenvalue weighted by molar-refractivity contribution is 5.92. The van der Waals surface area contributed by atoms with Crippen molar-refractivity contribution in [3.8, 4) is 11.5 Å². The number of nitrogens with zero attached hydrogens (tertiary/aromatic N) is 2. The number of hydrogen-bond acceptors (Lipinski definition) is 4. The van der Waals surface area contributed by atoms with Gasteiger partial charge >= 0.3 is 0 Å². The van der Waals surface area contributed by atoms with Crippen LogP contribution in [-0.4, -0.2) is 41.3 Å². The molecule has 0 unspecified atom stereocenters. The average Bonchev–Trinajstić information content (AvgIpc) is 3.30. The Kier molecular flexibility index (Phi) is 5.26. The monoisotopic (exact) mass is 343 g/mol. The van der Waals surface area contributed by atoms with Crippen LogP contribution < -0.4 is 9.47 Å². The smallest absolute Gasteiger partial charge is 0.274 e. The number of carbonyl (C=O) groups is 1. The van der Waals surface area contributed by atoms with E-state index in [2.05, 4.69) is 10.2 Å². The van der Waals surface area contributed by atoms with Crippen molar-refractivity contribution in [3.05, 3.63) is 41.2 Å². The Morgan fingerprint density at radius 2 is 2.00 bits per heavy atom. The molecule has 0 saturated heterocycles. The fraction of sp³-hybridized carbons (Fsp3) is 0.474. The van der Waals surface area contributed by atoms with Gasteiger partial charge in [0.1, 0.15) is 17.2 Å². The topological polar surface area (TPSA) is 67.5 Å². The van der Waals surface area contributed by atoms with Crippen molar-refractivity contribution in [2.24, 2.45) is 0 Å². The van der Waals surface area contributed by atoms with Gasteiger partial charge in [0.25, 0.3) is 5.91 Å². The van der Waals surface area contributed by atoms with Gasteiger partial charge in [-0.05, 0) is 44.0 Å². The molecule has 1 aromatic carbocycles. The Bertz CT molecular complexity index is 735. The highest BCUT2D eigenvalue weighted by atomic mass is 16.5. The number of nitrogens with one attached hydrogen (secondary N) is 1. The summed E-state index contributed by atoms with van der Waals surface area (Å²) in [5.41, 5.74) is 2.29. The molecule has 1 aliphatic rings. The van der Waals surface area contributed by atoms with Crippen molar-refractivity contribution >= 4 is 5.91 Å². The van der Waals surface area contributed by atoms with E-state index in [0.717, 1.165) is 48.4 Å². The van der Waals surface area contributed by atoms with Crippen molar-refractivity contribution < 1.29 is 14.3 Å². The lowest BCUT2D eigenvalue weighted by Crippen LogP contribution is -2.38. The van der Waals surface area contributed by atoms with Crippen LogP contribution in [0.4, 0.5) is 0 Å². The molecule has 0 radical (unpaired) electrons. The van der Waals surface area contributed by atoms with Gasteiger partial charge in [-0.3, -0.25) is 9.89 Å². The number of amides is 1. The van der Waals surface area contributed by atoms with Gasteiger partial charge < -0.3 is 14.4 Å². The summed E-state index contributed by atoms with van der Waals surface area (Å²) in [6, 6.07) is 7.71. The Morgan fingerprint density at radius 3 is 2.60 bits per heavy atom. The molecule has 1 amide bonds. The number of ether oxygens (including phenoxy) is 2. The molecule has 25 heavy (non-hydrogen) atoms. The molecule has 1 N–H and O–H groups in total. The zero-order valence-electron chi connectivity index (χ0n) is 15.0. The van der Waals surface area contributed by atoms with Gasteiger partial charge in [0.15, 0.2) is 0 Å². The van der Waals surface area contributed by atoms with Crippen LogP contribution in [0.2, 0.25) is 0 Å². The van der Waals surface area contributed by atoms with E-state index < -0.39 is 0 Å². The second-order valence-electron chi connectivity index (χ2n) is 6.49. The lowest BCUT2D eigenvalue weighted by molar-refractivity contribution is 0.0656. The van der Waals surface area contributed by atoms with Gasteiger partial charge in [0, 0.05) is 17.3 Å². The van der Waals surface area contributed by atoms with E-state index in [-0.39, 0.29) is 11.9 Å². The maximum absolute atomic E-state index is 13.1. The number of aromatic amines is 1. The summed E-state index contributed by atoms with van der Waals surface area (Å²) in [5.74, 6) is 1.47. The van der Waals surface area contributed by atoms with Gasteiger partial charge in [-0.1, -0.05) is 12.8 Å². The number of rotatable bonds is 6. The lowest BCUT2D eigenvalue weighted by atomic mass is 10.1. The number of carbonyl (C=O) groups excluding carboxylic acids is 1. The fourth-order valence-electron chi connectivity index (χ4n) is 3.45. The number of aryl methyl sites for hydroxylation is 1. The first kappa shape index (κ1) is 17.3. The van der Waals surface area contributed by atoms with Crippen molar-refractivity contribution in [1.82, 2.24) is 15.1 Å². The molecule has 1 aromatic heterocycles. The molecule has 0 bridgehead atoms. The third kappa shape index (κ3) is 3.78. The third-order valence-electron chi connectivity index (χ3n) is 4.78. The first-order valence-corrected chi connectivity index (χ1v) is 8.66. The predicted octanol–water partition coefficient (Wildman–Crippen LogP) is 3.32. The summed E-state index contributed by atoms with van der Waals surface area (Å²) < 4.78 is 10.8. The number of hydrogen-bond donors (Lipinski definition) is 1. The van der Waals surface area contributed by atoms with Gasteiger partial charge in [-0.15, -0.1) is 0 Å². The molecule has 134 valence electrons. The van der Waals surface area contributed by atoms with E-state index in [1.54, 1.807) is 20.3 Å². The van der Waals surface area contributed by atoms with Gasteiger partial charge in [0.2, 0.25) is 0 Å². The SMILES string of the molecule is COc1ccc(OC)c(CN(C(=O)c2cc(C)[nH]n2)C2CCCC2)c1. The highest BCUT2D eigenvalue weighted by Crippen LogP contribution is 2.30. The van der Waals surface area contributed by atoms with Crippen LogP contribution in [0.5, 0.6) is 11.5 Å². The van der Waals surface area contributed by atoms with E-state index in [9.17, 15) is 4.79 Å². The van der Waals surface area contributed by atoms with E-state index in [4.69, 9.17) is 9.47 Å². The molecule has 6 heteroatoms. The van der Waals surface area contributed by atoms with Crippen molar-refractivity contribution in [2.45, 2.75) is 45.2 Å². The van der Waals surface area contributed by atoms with Gasteiger partial charge in [-0.25, -0.2) is 0 Å². The largest absolute Gasteiger partial charge is 0.497 e. The molecule has 1 heterocycles. The first-order chi connectivity index (χ1) is 12.1. The molecule has 2 aromatic rings. The number of aromatic nitrogens is 2. The van der Waals surface area contributed by atoms with Crippen molar-refractivity contribution in [1.29, 1.82) is 0 Å². The molecule has 1 fully saturated rings. The molecular formula is C19H25N3O3. The number of methoxy groups -OCH3 is 2. The van der Waals surface area contributed by atoms with Crippen LogP contribution in [0.3, 0.4) is 0 Å². The lowest BCUT2D eigenvalue weighted by Gasteiger charge is -2.29. The third-order valence-corrected chi connectivity index (χ3v) is 4.78. The van der Waals surface area contributed by atoms with Crippen LogP contribution in [0.25, 0.3) is 0 Å². The van der Waals surface area contributed by atoms with Crippen molar-refractivity contribution in [2.75, 3.05) is 14.2 Å². The summed E-state index contributed by atoms with van der Waals surface area (Å²) in [7, 11) is 3.28. The van der Waals surface area contributed by atoms with Crippen LogP contribution >= 0.6 is 0 Å². The van der Waals surface area contributed by atoms with E-state index in [0.29, 0.717) is 12.2 Å². The highest BCUT2D eigenvalue weighted by Gasteiger charge is 2.29. The van der Waals surface area contributed by atoms with Crippen LogP contribution in [0.15, 0.2) is 24.3 Å². The molecule has 0 aliphatic heterocycles. The quantitative estimate of drug-likeness (QED) is 0.874. The molecule has 3 rings (SSSR count). The second kappa shape index (κ2) is 7.59. The summed E-state index contributed by atoms with van der Waals surface area (Å²) in [4.78, 5) is 15.0. The van der Waals surface area contributed by atoms with Gasteiger partial charge in [-0.2, -0.15) is 5.10 Å². The molecule has 0 atom stereocenters.